The molecule has 0 bridgehead atoms. The molecule has 2 aliphatic heterocycles. The van der Waals surface area contributed by atoms with E-state index in [4.69, 9.17) is 0 Å². The van der Waals surface area contributed by atoms with Crippen molar-refractivity contribution in [1.82, 2.24) is 20.9 Å². The van der Waals surface area contributed by atoms with Crippen LogP contribution < -0.4 is 16.0 Å². The van der Waals surface area contributed by atoms with Crippen LogP contribution in [0.2, 0.25) is 0 Å². The molecular formula is C24H37N5O4. The molecule has 33 heavy (non-hydrogen) atoms. The molecule has 3 fully saturated rings. The van der Waals surface area contributed by atoms with Gasteiger partial charge in [0.1, 0.15) is 18.1 Å². The van der Waals surface area contributed by atoms with E-state index in [-0.39, 0.29) is 53.2 Å². The SMILES string of the molecule is CC(=O)NC(C(=O)N1CC2C(C1C(=O)NC(C#N)CC1CCCNC1=O)C2(C)C)C(C)(C)C. The van der Waals surface area contributed by atoms with E-state index in [1.165, 1.54) is 6.92 Å². The van der Waals surface area contributed by atoms with Gasteiger partial charge >= 0.3 is 0 Å². The van der Waals surface area contributed by atoms with Gasteiger partial charge in [0, 0.05) is 25.9 Å². The van der Waals surface area contributed by atoms with Gasteiger partial charge in [0.05, 0.1) is 6.07 Å². The topological polar surface area (TPSA) is 131 Å². The van der Waals surface area contributed by atoms with E-state index in [2.05, 4.69) is 35.9 Å². The van der Waals surface area contributed by atoms with Gasteiger partial charge in [0.2, 0.25) is 23.6 Å². The zero-order valence-electron chi connectivity index (χ0n) is 20.5. The maximum absolute atomic E-state index is 13.5. The molecule has 0 aromatic carbocycles. The molecule has 4 amide bonds. The number of nitrogens with zero attached hydrogens (tertiary/aromatic N) is 2. The number of carbonyl (C=O) groups is 4. The number of likely N-dealkylation sites (tertiary alicyclic amines) is 1. The quantitative estimate of drug-likeness (QED) is 0.544. The molecule has 2 heterocycles. The van der Waals surface area contributed by atoms with Gasteiger partial charge in [-0.2, -0.15) is 5.26 Å². The molecule has 2 saturated heterocycles. The number of nitriles is 1. The van der Waals surface area contributed by atoms with E-state index in [9.17, 15) is 24.4 Å². The highest BCUT2D eigenvalue weighted by atomic mass is 16.2. The summed E-state index contributed by atoms with van der Waals surface area (Å²) in [6.45, 7) is 12.3. The summed E-state index contributed by atoms with van der Waals surface area (Å²) >= 11 is 0. The Bertz CT molecular complexity index is 871. The number of fused-ring (bicyclic) bond motifs is 1. The molecule has 182 valence electrons. The molecule has 0 aromatic heterocycles. The van der Waals surface area contributed by atoms with E-state index in [0.717, 1.165) is 6.42 Å². The standard InChI is InChI=1S/C24H37N5O4/c1-13(30)27-19(23(2,3)4)22(33)29-12-16-17(24(16,5)6)18(29)21(32)28-15(11-25)10-14-8-7-9-26-20(14)31/h14-19H,7-10,12H2,1-6H3,(H,26,31)(H,27,30)(H,28,32). The highest BCUT2D eigenvalue weighted by Crippen LogP contribution is 2.65. The van der Waals surface area contributed by atoms with Crippen molar-refractivity contribution in [3.05, 3.63) is 0 Å². The Hall–Kier alpha value is -2.63. The third kappa shape index (κ3) is 4.99. The van der Waals surface area contributed by atoms with Crippen molar-refractivity contribution >= 4 is 23.6 Å². The van der Waals surface area contributed by atoms with Crippen LogP contribution in [-0.2, 0) is 19.2 Å². The highest BCUT2D eigenvalue weighted by molar-refractivity contribution is 5.94. The van der Waals surface area contributed by atoms with Crippen molar-refractivity contribution in [2.45, 2.75) is 78.9 Å². The molecule has 3 rings (SSSR count). The van der Waals surface area contributed by atoms with Crippen molar-refractivity contribution in [2.24, 2.45) is 28.6 Å². The first-order valence-corrected chi connectivity index (χ1v) is 11.8. The molecule has 0 aromatic rings. The maximum Gasteiger partial charge on any atom is 0.246 e. The first-order chi connectivity index (χ1) is 15.3. The molecular weight excluding hydrogens is 422 g/mol. The van der Waals surface area contributed by atoms with Crippen LogP contribution in [0, 0.1) is 39.9 Å². The average Bonchev–Trinajstić information content (AvgIpc) is 3.06. The van der Waals surface area contributed by atoms with E-state index < -0.39 is 23.5 Å². The van der Waals surface area contributed by atoms with Gasteiger partial charge < -0.3 is 20.9 Å². The highest BCUT2D eigenvalue weighted by Gasteiger charge is 2.69. The molecule has 9 nitrogen and oxygen atoms in total. The van der Waals surface area contributed by atoms with Gasteiger partial charge in [0.15, 0.2) is 0 Å². The van der Waals surface area contributed by atoms with Crippen LogP contribution in [-0.4, -0.2) is 59.7 Å². The Morgan fingerprint density at radius 1 is 1.27 bits per heavy atom. The van der Waals surface area contributed by atoms with E-state index >= 15 is 0 Å². The first kappa shape index (κ1) is 25.0. The van der Waals surface area contributed by atoms with Crippen molar-refractivity contribution in [1.29, 1.82) is 5.26 Å². The lowest BCUT2D eigenvalue weighted by atomic mass is 9.85. The molecule has 6 atom stereocenters. The molecule has 9 heteroatoms. The van der Waals surface area contributed by atoms with Crippen LogP contribution in [0.25, 0.3) is 0 Å². The second-order valence-corrected chi connectivity index (χ2v) is 11.4. The van der Waals surface area contributed by atoms with Crippen LogP contribution in [0.4, 0.5) is 0 Å². The van der Waals surface area contributed by atoms with Gasteiger partial charge in [-0.05, 0) is 41.9 Å². The molecule has 0 radical (unpaired) electrons. The molecule has 3 N–H and O–H groups in total. The van der Waals surface area contributed by atoms with Gasteiger partial charge in [0.25, 0.3) is 0 Å². The number of hydrogen-bond acceptors (Lipinski definition) is 5. The minimum absolute atomic E-state index is 0.00304. The normalized spacial score (nSPS) is 29.7. The van der Waals surface area contributed by atoms with Crippen LogP contribution in [0.15, 0.2) is 0 Å². The zero-order chi connectivity index (χ0) is 24.7. The maximum atomic E-state index is 13.5. The molecule has 3 aliphatic rings. The summed E-state index contributed by atoms with van der Waals surface area (Å²) in [6, 6.07) is -0.151. The second kappa shape index (κ2) is 8.96. The monoisotopic (exact) mass is 459 g/mol. The molecule has 6 unspecified atom stereocenters. The number of carbonyl (C=O) groups excluding carboxylic acids is 4. The predicted octanol–water partition coefficient (Wildman–Crippen LogP) is 0.945. The lowest BCUT2D eigenvalue weighted by Crippen LogP contribution is -2.59. The van der Waals surface area contributed by atoms with Crippen LogP contribution >= 0.6 is 0 Å². The third-order valence-corrected chi connectivity index (χ3v) is 7.61. The second-order valence-electron chi connectivity index (χ2n) is 11.4. The Kier molecular flexibility index (Phi) is 6.79. The van der Waals surface area contributed by atoms with Crippen molar-refractivity contribution in [3.63, 3.8) is 0 Å². The lowest BCUT2D eigenvalue weighted by Gasteiger charge is -2.37. The number of rotatable bonds is 6. The summed E-state index contributed by atoms with van der Waals surface area (Å²) in [7, 11) is 0. The summed E-state index contributed by atoms with van der Waals surface area (Å²) in [5, 5.41) is 18.0. The Morgan fingerprint density at radius 3 is 2.48 bits per heavy atom. The zero-order valence-corrected chi connectivity index (χ0v) is 20.5. The van der Waals surface area contributed by atoms with Crippen LogP contribution in [0.3, 0.4) is 0 Å². The number of hydrogen-bond donors (Lipinski definition) is 3. The summed E-state index contributed by atoms with van der Waals surface area (Å²) < 4.78 is 0. The van der Waals surface area contributed by atoms with Gasteiger partial charge in [-0.3, -0.25) is 19.2 Å². The number of piperidine rings is 2. The minimum atomic E-state index is -0.807. The fourth-order valence-corrected chi connectivity index (χ4v) is 5.58. The Balaban J connectivity index is 1.78. The molecule has 1 aliphatic carbocycles. The van der Waals surface area contributed by atoms with Gasteiger partial charge in [-0.15, -0.1) is 0 Å². The molecule has 0 spiro atoms. The van der Waals surface area contributed by atoms with E-state index in [1.807, 2.05) is 20.8 Å². The number of nitrogens with one attached hydrogen (secondary N) is 3. The van der Waals surface area contributed by atoms with Crippen molar-refractivity contribution < 1.29 is 19.2 Å². The van der Waals surface area contributed by atoms with Crippen LogP contribution in [0.1, 0.15) is 60.8 Å². The Labute approximate surface area is 196 Å². The first-order valence-electron chi connectivity index (χ1n) is 11.8. The minimum Gasteiger partial charge on any atom is -0.356 e. The third-order valence-electron chi connectivity index (χ3n) is 7.61. The lowest BCUT2D eigenvalue weighted by molar-refractivity contribution is -0.145. The summed E-state index contributed by atoms with van der Waals surface area (Å²) in [6.07, 6.45) is 1.79. The fourth-order valence-electron chi connectivity index (χ4n) is 5.58. The van der Waals surface area contributed by atoms with Crippen molar-refractivity contribution in [2.75, 3.05) is 13.1 Å². The predicted molar refractivity (Wildman–Crippen MR) is 121 cm³/mol. The van der Waals surface area contributed by atoms with Crippen LogP contribution in [0.5, 0.6) is 0 Å². The summed E-state index contributed by atoms with van der Waals surface area (Å²) in [5.74, 6) is -1.14. The summed E-state index contributed by atoms with van der Waals surface area (Å²) in [5.41, 5.74) is -0.606. The van der Waals surface area contributed by atoms with Gasteiger partial charge in [-0.1, -0.05) is 34.6 Å². The van der Waals surface area contributed by atoms with Crippen molar-refractivity contribution in [3.8, 4) is 6.07 Å². The number of amides is 4. The van der Waals surface area contributed by atoms with E-state index in [0.29, 0.717) is 19.5 Å². The van der Waals surface area contributed by atoms with Gasteiger partial charge in [-0.25, -0.2) is 0 Å². The Morgan fingerprint density at radius 2 is 1.94 bits per heavy atom. The average molecular weight is 460 g/mol. The largest absolute Gasteiger partial charge is 0.356 e. The van der Waals surface area contributed by atoms with E-state index in [1.54, 1.807) is 4.90 Å². The molecule has 1 saturated carbocycles. The summed E-state index contributed by atoms with van der Waals surface area (Å²) in [4.78, 5) is 52.5. The fraction of sp³-hybridized carbons (Fsp3) is 0.792. The smallest absolute Gasteiger partial charge is 0.246 e.